The average Bonchev–Trinajstić information content (AvgIpc) is 2.36. The Morgan fingerprint density at radius 2 is 2.14 bits per heavy atom. The molecule has 0 saturated carbocycles. The van der Waals surface area contributed by atoms with E-state index in [-0.39, 0.29) is 17.5 Å². The Labute approximate surface area is 136 Å². The molecule has 0 radical (unpaired) electrons. The van der Waals surface area contributed by atoms with E-state index in [1.54, 1.807) is 0 Å². The average molecular weight is 375 g/mol. The second-order valence-corrected chi connectivity index (χ2v) is 9.11. The van der Waals surface area contributed by atoms with Gasteiger partial charge < -0.3 is 10.2 Å². The molecule has 1 N–H and O–H groups in total. The Hall–Kier alpha value is -0.590. The molecule has 1 saturated heterocycles. The van der Waals surface area contributed by atoms with Gasteiger partial charge in [0.05, 0.1) is 11.5 Å². The quantitative estimate of drug-likeness (QED) is 0.879. The van der Waals surface area contributed by atoms with E-state index in [0.717, 1.165) is 16.7 Å². The van der Waals surface area contributed by atoms with Gasteiger partial charge in [-0.25, -0.2) is 8.42 Å². The molecule has 4 nitrogen and oxygen atoms in total. The zero-order valence-corrected chi connectivity index (χ0v) is 15.2. The molecule has 0 bridgehead atoms. The molecule has 1 aliphatic rings. The molecule has 21 heavy (non-hydrogen) atoms. The first kappa shape index (κ1) is 16.8. The number of nitrogens with one attached hydrogen (secondary N) is 1. The maximum atomic E-state index is 11.7. The summed E-state index contributed by atoms with van der Waals surface area (Å²) in [7, 11) is -2.89. The molecule has 1 aliphatic heterocycles. The third-order valence-corrected chi connectivity index (χ3v) is 6.01. The van der Waals surface area contributed by atoms with E-state index in [9.17, 15) is 8.42 Å². The van der Waals surface area contributed by atoms with Crippen LogP contribution in [-0.4, -0.2) is 38.6 Å². The standard InChI is InChI=1S/C15H23BrN2O2S/c1-11(2)17-9-13-8-14(16)4-5-15(13)18-6-7-21(19,20)10-12(18)3/h4-5,8,11-12,17H,6-7,9-10H2,1-3H3. The summed E-state index contributed by atoms with van der Waals surface area (Å²) in [6, 6.07) is 6.64. The molecular weight excluding hydrogens is 352 g/mol. The fraction of sp³-hybridized carbons (Fsp3) is 0.600. The Kier molecular flexibility index (Phi) is 5.33. The van der Waals surface area contributed by atoms with Gasteiger partial charge in [0.15, 0.2) is 9.84 Å². The molecule has 0 aliphatic carbocycles. The first-order valence-corrected chi connectivity index (χ1v) is 9.89. The van der Waals surface area contributed by atoms with Gasteiger partial charge in [-0.05, 0) is 30.7 Å². The van der Waals surface area contributed by atoms with Gasteiger partial charge in [-0.1, -0.05) is 29.8 Å². The molecule has 2 rings (SSSR count). The molecule has 0 spiro atoms. The summed E-state index contributed by atoms with van der Waals surface area (Å²) in [6.07, 6.45) is 0. The topological polar surface area (TPSA) is 49.4 Å². The van der Waals surface area contributed by atoms with Gasteiger partial charge in [0, 0.05) is 35.3 Å². The number of anilines is 1. The van der Waals surface area contributed by atoms with Crippen LogP contribution in [0.4, 0.5) is 5.69 Å². The van der Waals surface area contributed by atoms with E-state index >= 15 is 0 Å². The molecule has 1 fully saturated rings. The summed E-state index contributed by atoms with van der Waals surface area (Å²) in [4.78, 5) is 2.21. The highest BCUT2D eigenvalue weighted by Crippen LogP contribution is 2.28. The van der Waals surface area contributed by atoms with Crippen LogP contribution in [0.15, 0.2) is 22.7 Å². The molecule has 1 unspecified atom stereocenters. The molecule has 1 atom stereocenters. The molecule has 118 valence electrons. The molecule has 0 aromatic heterocycles. The third-order valence-electron chi connectivity index (χ3n) is 3.72. The Morgan fingerprint density at radius 3 is 2.76 bits per heavy atom. The van der Waals surface area contributed by atoms with Crippen molar-refractivity contribution in [3.8, 4) is 0 Å². The zero-order valence-electron chi connectivity index (χ0n) is 12.8. The Bertz CT molecular complexity index is 602. The van der Waals surface area contributed by atoms with Gasteiger partial charge in [0.2, 0.25) is 0 Å². The van der Waals surface area contributed by atoms with E-state index in [4.69, 9.17) is 0 Å². The lowest BCUT2D eigenvalue weighted by molar-refractivity contribution is 0.564. The van der Waals surface area contributed by atoms with E-state index in [1.165, 1.54) is 5.56 Å². The van der Waals surface area contributed by atoms with Crippen LogP contribution < -0.4 is 10.2 Å². The van der Waals surface area contributed by atoms with Gasteiger partial charge in [-0.2, -0.15) is 0 Å². The maximum Gasteiger partial charge on any atom is 0.154 e. The van der Waals surface area contributed by atoms with Crippen molar-refractivity contribution in [2.75, 3.05) is 23.0 Å². The lowest BCUT2D eigenvalue weighted by Gasteiger charge is -2.36. The highest BCUT2D eigenvalue weighted by atomic mass is 79.9. The summed E-state index contributed by atoms with van der Waals surface area (Å²) >= 11 is 3.52. The van der Waals surface area contributed by atoms with Crippen molar-refractivity contribution in [2.24, 2.45) is 0 Å². The van der Waals surface area contributed by atoms with E-state index in [0.29, 0.717) is 12.6 Å². The minimum absolute atomic E-state index is 0.0164. The number of benzene rings is 1. The SMILES string of the molecule is CC(C)NCc1cc(Br)ccc1N1CCS(=O)(=O)CC1C. The molecule has 6 heteroatoms. The third kappa shape index (κ3) is 4.44. The Morgan fingerprint density at radius 1 is 1.43 bits per heavy atom. The van der Waals surface area contributed by atoms with Crippen molar-refractivity contribution < 1.29 is 8.42 Å². The van der Waals surface area contributed by atoms with Crippen molar-refractivity contribution in [1.29, 1.82) is 0 Å². The number of nitrogens with zero attached hydrogens (tertiary/aromatic N) is 1. The van der Waals surface area contributed by atoms with Gasteiger partial charge in [-0.3, -0.25) is 0 Å². The zero-order chi connectivity index (χ0) is 15.6. The first-order chi connectivity index (χ1) is 9.78. The van der Waals surface area contributed by atoms with Gasteiger partial charge in [-0.15, -0.1) is 0 Å². The van der Waals surface area contributed by atoms with Gasteiger partial charge in [0.1, 0.15) is 0 Å². The number of hydrogen-bond donors (Lipinski definition) is 1. The molecule has 1 heterocycles. The fourth-order valence-corrected chi connectivity index (χ4v) is 4.61. The first-order valence-electron chi connectivity index (χ1n) is 7.27. The fourth-order valence-electron chi connectivity index (χ4n) is 2.65. The largest absolute Gasteiger partial charge is 0.367 e. The van der Waals surface area contributed by atoms with Crippen molar-refractivity contribution >= 4 is 31.5 Å². The lowest BCUT2D eigenvalue weighted by Crippen LogP contribution is -2.47. The van der Waals surface area contributed by atoms with Gasteiger partial charge >= 0.3 is 0 Å². The van der Waals surface area contributed by atoms with Crippen LogP contribution in [0.1, 0.15) is 26.3 Å². The van der Waals surface area contributed by atoms with Crippen molar-refractivity contribution in [3.63, 3.8) is 0 Å². The summed E-state index contributed by atoms with van der Waals surface area (Å²) in [6.45, 7) is 7.57. The van der Waals surface area contributed by atoms with Crippen LogP contribution in [0, 0.1) is 0 Å². The predicted octanol–water partition coefficient (Wildman–Crippen LogP) is 2.57. The van der Waals surface area contributed by atoms with Crippen molar-refractivity contribution in [2.45, 2.75) is 39.4 Å². The van der Waals surface area contributed by atoms with Crippen LogP contribution >= 0.6 is 15.9 Å². The normalized spacial score (nSPS) is 21.8. The summed E-state index contributed by atoms with van der Waals surface area (Å²) in [5, 5.41) is 3.43. The smallest absolute Gasteiger partial charge is 0.154 e. The van der Waals surface area contributed by atoms with E-state index < -0.39 is 9.84 Å². The second-order valence-electron chi connectivity index (χ2n) is 5.97. The van der Waals surface area contributed by atoms with Crippen molar-refractivity contribution in [1.82, 2.24) is 5.32 Å². The minimum Gasteiger partial charge on any atom is -0.367 e. The molecule has 1 aromatic rings. The maximum absolute atomic E-state index is 11.7. The van der Waals surface area contributed by atoms with Crippen LogP contribution in [-0.2, 0) is 16.4 Å². The minimum atomic E-state index is -2.89. The van der Waals surface area contributed by atoms with Crippen molar-refractivity contribution in [3.05, 3.63) is 28.2 Å². The second kappa shape index (κ2) is 6.67. The van der Waals surface area contributed by atoms with Gasteiger partial charge in [0.25, 0.3) is 0 Å². The van der Waals surface area contributed by atoms with Crippen LogP contribution in [0.25, 0.3) is 0 Å². The predicted molar refractivity (Wildman–Crippen MR) is 91.6 cm³/mol. The lowest BCUT2D eigenvalue weighted by atomic mass is 10.1. The Balaban J connectivity index is 2.26. The summed E-state index contributed by atoms with van der Waals surface area (Å²) < 4.78 is 24.5. The number of hydrogen-bond acceptors (Lipinski definition) is 4. The van der Waals surface area contributed by atoms with E-state index in [1.807, 2.05) is 13.0 Å². The summed E-state index contributed by atoms with van der Waals surface area (Å²) in [5.41, 5.74) is 2.33. The highest BCUT2D eigenvalue weighted by molar-refractivity contribution is 9.10. The van der Waals surface area contributed by atoms with Crippen LogP contribution in [0.5, 0.6) is 0 Å². The highest BCUT2D eigenvalue weighted by Gasteiger charge is 2.29. The van der Waals surface area contributed by atoms with E-state index in [2.05, 4.69) is 52.1 Å². The summed E-state index contributed by atoms with van der Waals surface area (Å²) in [5.74, 6) is 0.477. The van der Waals surface area contributed by atoms with Crippen LogP contribution in [0.3, 0.4) is 0 Å². The molecular formula is C15H23BrN2O2S. The number of halogens is 1. The number of rotatable bonds is 4. The molecule has 0 amide bonds. The monoisotopic (exact) mass is 374 g/mol. The van der Waals surface area contributed by atoms with Crippen LogP contribution in [0.2, 0.25) is 0 Å². The molecule has 1 aromatic carbocycles. The number of sulfone groups is 1.